The van der Waals surface area contributed by atoms with Crippen molar-refractivity contribution in [2.75, 3.05) is 6.61 Å². The van der Waals surface area contributed by atoms with Crippen molar-refractivity contribution in [1.29, 1.82) is 0 Å². The highest BCUT2D eigenvalue weighted by Gasteiger charge is 2.10. The van der Waals surface area contributed by atoms with Gasteiger partial charge in [-0.05, 0) is 64.5 Å². The Labute approximate surface area is 105 Å². The van der Waals surface area contributed by atoms with Gasteiger partial charge in [0.2, 0.25) is 0 Å². The van der Waals surface area contributed by atoms with Crippen molar-refractivity contribution in [2.24, 2.45) is 0 Å². The molecule has 0 fully saturated rings. The lowest BCUT2D eigenvalue weighted by Crippen LogP contribution is -1.99. The summed E-state index contributed by atoms with van der Waals surface area (Å²) in [5.41, 5.74) is 0.692. The van der Waals surface area contributed by atoms with E-state index >= 15 is 0 Å². The average Bonchev–Trinajstić information content (AvgIpc) is 2.10. The van der Waals surface area contributed by atoms with E-state index in [2.05, 4.69) is 38.5 Å². The standard InChI is InChI=1S/C10H10BrIO2/c1-3-14-10-5-8(11)7(6(2)13)4-9(10)12/h4-5H,3H2,1-2H3. The van der Waals surface area contributed by atoms with Crippen molar-refractivity contribution in [2.45, 2.75) is 13.8 Å². The van der Waals surface area contributed by atoms with Crippen molar-refractivity contribution in [1.82, 2.24) is 0 Å². The third-order valence-electron chi connectivity index (χ3n) is 1.70. The van der Waals surface area contributed by atoms with Gasteiger partial charge in [0.1, 0.15) is 5.75 Å². The van der Waals surface area contributed by atoms with E-state index in [0.29, 0.717) is 12.2 Å². The van der Waals surface area contributed by atoms with Crippen LogP contribution < -0.4 is 4.74 Å². The highest BCUT2D eigenvalue weighted by atomic mass is 127. The number of carbonyl (C=O) groups is 1. The SMILES string of the molecule is CCOc1cc(Br)c(C(C)=O)cc1I. The molecule has 1 aromatic rings. The molecule has 0 aliphatic carbocycles. The fraction of sp³-hybridized carbons (Fsp3) is 0.300. The maximum Gasteiger partial charge on any atom is 0.160 e. The fourth-order valence-electron chi connectivity index (χ4n) is 1.06. The molecule has 0 atom stereocenters. The summed E-state index contributed by atoms with van der Waals surface area (Å²) in [4.78, 5) is 11.2. The molecule has 2 nitrogen and oxygen atoms in total. The quantitative estimate of drug-likeness (QED) is 0.601. The minimum absolute atomic E-state index is 0.0536. The van der Waals surface area contributed by atoms with Crippen molar-refractivity contribution in [3.63, 3.8) is 0 Å². The first-order valence-electron chi connectivity index (χ1n) is 4.19. The summed E-state index contributed by atoms with van der Waals surface area (Å²) in [6, 6.07) is 3.67. The Morgan fingerprint density at radius 2 is 2.21 bits per heavy atom. The largest absolute Gasteiger partial charge is 0.493 e. The molecular formula is C10H10BrIO2. The number of rotatable bonds is 3. The Balaban J connectivity index is 3.17. The Kier molecular flexibility index (Phi) is 4.37. The first-order chi connectivity index (χ1) is 6.56. The maximum absolute atomic E-state index is 11.2. The van der Waals surface area contributed by atoms with Crippen molar-refractivity contribution in [3.05, 3.63) is 25.7 Å². The Hall–Kier alpha value is -0.100. The van der Waals surface area contributed by atoms with E-state index < -0.39 is 0 Å². The smallest absolute Gasteiger partial charge is 0.160 e. The van der Waals surface area contributed by atoms with E-state index in [1.54, 1.807) is 6.92 Å². The molecular weight excluding hydrogens is 359 g/mol. The second-order valence-corrected chi connectivity index (χ2v) is 4.77. The first-order valence-corrected chi connectivity index (χ1v) is 6.06. The summed E-state index contributed by atoms with van der Waals surface area (Å²) in [5.74, 6) is 0.864. The Bertz CT molecular complexity index is 363. The third kappa shape index (κ3) is 2.70. The molecule has 0 aliphatic rings. The number of ketones is 1. The number of ether oxygens (including phenoxy) is 1. The molecule has 1 rings (SSSR count). The lowest BCUT2D eigenvalue weighted by atomic mass is 10.1. The molecule has 0 heterocycles. The van der Waals surface area contributed by atoms with Gasteiger partial charge in [-0.2, -0.15) is 0 Å². The van der Waals surface area contributed by atoms with Crippen LogP contribution in [0.15, 0.2) is 16.6 Å². The minimum atomic E-state index is 0.0536. The molecule has 0 amide bonds. The Morgan fingerprint density at radius 1 is 1.57 bits per heavy atom. The first kappa shape index (κ1) is 12.0. The lowest BCUT2D eigenvalue weighted by Gasteiger charge is -2.08. The third-order valence-corrected chi connectivity index (χ3v) is 3.20. The van der Waals surface area contributed by atoms with Crippen LogP contribution in [0.5, 0.6) is 5.75 Å². The van der Waals surface area contributed by atoms with E-state index in [1.807, 2.05) is 19.1 Å². The lowest BCUT2D eigenvalue weighted by molar-refractivity contribution is 0.101. The highest BCUT2D eigenvalue weighted by Crippen LogP contribution is 2.29. The van der Waals surface area contributed by atoms with Gasteiger partial charge in [0.15, 0.2) is 5.78 Å². The van der Waals surface area contributed by atoms with Gasteiger partial charge >= 0.3 is 0 Å². The zero-order valence-electron chi connectivity index (χ0n) is 7.93. The van der Waals surface area contributed by atoms with Crippen LogP contribution in [0.4, 0.5) is 0 Å². The summed E-state index contributed by atoms with van der Waals surface area (Å²) >= 11 is 5.51. The maximum atomic E-state index is 11.2. The summed E-state index contributed by atoms with van der Waals surface area (Å²) < 4.78 is 7.15. The van der Waals surface area contributed by atoms with Crippen LogP contribution in [0.2, 0.25) is 0 Å². The number of benzene rings is 1. The van der Waals surface area contributed by atoms with Gasteiger partial charge in [-0.3, -0.25) is 4.79 Å². The van der Waals surface area contributed by atoms with Gasteiger partial charge in [-0.1, -0.05) is 0 Å². The molecule has 0 saturated heterocycles. The predicted octanol–water partition coefficient (Wildman–Crippen LogP) is 3.66. The van der Waals surface area contributed by atoms with Crippen molar-refractivity contribution >= 4 is 44.3 Å². The zero-order valence-corrected chi connectivity index (χ0v) is 11.7. The van der Waals surface area contributed by atoms with E-state index in [9.17, 15) is 4.79 Å². The minimum Gasteiger partial charge on any atom is -0.493 e. The van der Waals surface area contributed by atoms with E-state index in [0.717, 1.165) is 13.8 Å². The Morgan fingerprint density at radius 3 is 2.71 bits per heavy atom. The average molecular weight is 369 g/mol. The molecule has 0 aliphatic heterocycles. The van der Waals surface area contributed by atoms with Crippen LogP contribution in [0.3, 0.4) is 0 Å². The van der Waals surface area contributed by atoms with Gasteiger partial charge in [-0.25, -0.2) is 0 Å². The molecule has 0 radical (unpaired) electrons. The van der Waals surface area contributed by atoms with Crippen LogP contribution in [-0.4, -0.2) is 12.4 Å². The number of hydrogen-bond donors (Lipinski definition) is 0. The van der Waals surface area contributed by atoms with Gasteiger partial charge in [0.05, 0.1) is 10.2 Å². The van der Waals surface area contributed by atoms with Gasteiger partial charge in [0.25, 0.3) is 0 Å². The summed E-state index contributed by atoms with van der Waals surface area (Å²) in [6.07, 6.45) is 0. The zero-order chi connectivity index (χ0) is 10.7. The highest BCUT2D eigenvalue weighted by molar-refractivity contribution is 14.1. The van der Waals surface area contributed by atoms with Crippen LogP contribution in [-0.2, 0) is 0 Å². The summed E-state index contributed by atoms with van der Waals surface area (Å²) in [7, 11) is 0. The molecule has 76 valence electrons. The second-order valence-electron chi connectivity index (χ2n) is 2.75. The number of Topliss-reactive ketones (excluding diaryl/α,β-unsaturated/α-hetero) is 1. The normalized spacial score (nSPS) is 10.0. The molecule has 0 saturated carbocycles. The molecule has 0 unspecified atom stereocenters. The van der Waals surface area contributed by atoms with Gasteiger partial charge < -0.3 is 4.74 Å². The van der Waals surface area contributed by atoms with E-state index in [-0.39, 0.29) is 5.78 Å². The molecule has 14 heavy (non-hydrogen) atoms. The van der Waals surface area contributed by atoms with Gasteiger partial charge in [0, 0.05) is 10.0 Å². The van der Waals surface area contributed by atoms with Crippen LogP contribution >= 0.6 is 38.5 Å². The number of hydrogen-bond acceptors (Lipinski definition) is 2. The predicted molar refractivity (Wildman–Crippen MR) is 68.0 cm³/mol. The molecule has 0 spiro atoms. The van der Waals surface area contributed by atoms with Crippen LogP contribution in [0.25, 0.3) is 0 Å². The molecule has 4 heteroatoms. The summed E-state index contributed by atoms with van der Waals surface area (Å²) in [5, 5.41) is 0. The molecule has 0 N–H and O–H groups in total. The second kappa shape index (κ2) is 5.11. The van der Waals surface area contributed by atoms with E-state index in [1.165, 1.54) is 0 Å². The number of halogens is 2. The van der Waals surface area contributed by atoms with Crippen molar-refractivity contribution in [3.8, 4) is 5.75 Å². The molecule has 1 aromatic carbocycles. The monoisotopic (exact) mass is 368 g/mol. The molecule has 0 aromatic heterocycles. The van der Waals surface area contributed by atoms with Crippen molar-refractivity contribution < 1.29 is 9.53 Å². The number of carbonyl (C=O) groups excluding carboxylic acids is 1. The topological polar surface area (TPSA) is 26.3 Å². The van der Waals surface area contributed by atoms with Crippen LogP contribution in [0.1, 0.15) is 24.2 Å². The summed E-state index contributed by atoms with van der Waals surface area (Å²) in [6.45, 7) is 4.11. The molecule has 0 bridgehead atoms. The fourth-order valence-corrected chi connectivity index (χ4v) is 2.29. The van der Waals surface area contributed by atoms with Gasteiger partial charge in [-0.15, -0.1) is 0 Å². The van der Waals surface area contributed by atoms with E-state index in [4.69, 9.17) is 4.74 Å². The van der Waals surface area contributed by atoms with Crippen LogP contribution in [0, 0.1) is 3.57 Å².